The zero-order valence-corrected chi connectivity index (χ0v) is 15.2. The summed E-state index contributed by atoms with van der Waals surface area (Å²) < 4.78 is 11.4. The molecule has 3 aliphatic rings. The fourth-order valence-corrected chi connectivity index (χ4v) is 4.17. The van der Waals surface area contributed by atoms with E-state index >= 15 is 0 Å². The maximum absolute atomic E-state index is 6.11. The Bertz CT molecular complexity index is 689. The minimum absolute atomic E-state index is 0.515. The van der Waals surface area contributed by atoms with Crippen molar-refractivity contribution >= 4 is 0 Å². The third-order valence-electron chi connectivity index (χ3n) is 5.74. The molecular formula is C22H27NO2. The molecule has 2 aromatic rings. The summed E-state index contributed by atoms with van der Waals surface area (Å²) >= 11 is 0. The number of fused-ring (bicyclic) bond motifs is 2. The van der Waals surface area contributed by atoms with Crippen molar-refractivity contribution in [2.75, 3.05) is 13.7 Å². The van der Waals surface area contributed by atoms with E-state index in [4.69, 9.17) is 9.47 Å². The number of hydrogen-bond donors (Lipinski definition) is 0. The van der Waals surface area contributed by atoms with Crippen LogP contribution in [0.2, 0.25) is 0 Å². The van der Waals surface area contributed by atoms with Crippen molar-refractivity contribution in [3.8, 4) is 11.5 Å². The van der Waals surface area contributed by atoms with Crippen molar-refractivity contribution in [3.63, 3.8) is 0 Å². The molecule has 3 fully saturated rings. The topological polar surface area (TPSA) is 21.7 Å². The highest BCUT2D eigenvalue weighted by Gasteiger charge is 2.43. The Morgan fingerprint density at radius 3 is 2.28 bits per heavy atom. The van der Waals surface area contributed by atoms with Crippen LogP contribution in [0.4, 0.5) is 0 Å². The van der Waals surface area contributed by atoms with Gasteiger partial charge in [-0.05, 0) is 61.9 Å². The molecule has 0 N–H and O–H groups in total. The lowest BCUT2D eigenvalue weighted by atomic mass is 9.70. The highest BCUT2D eigenvalue weighted by atomic mass is 16.5. The summed E-state index contributed by atoms with van der Waals surface area (Å²) in [5.74, 6) is 2.81. The van der Waals surface area contributed by atoms with Crippen LogP contribution in [0.25, 0.3) is 0 Å². The number of benzene rings is 2. The van der Waals surface area contributed by atoms with Crippen molar-refractivity contribution in [2.45, 2.75) is 44.8 Å². The van der Waals surface area contributed by atoms with Crippen molar-refractivity contribution in [2.24, 2.45) is 5.92 Å². The van der Waals surface area contributed by atoms with Gasteiger partial charge in [0.15, 0.2) is 0 Å². The van der Waals surface area contributed by atoms with Gasteiger partial charge in [0.25, 0.3) is 0 Å². The predicted molar refractivity (Wildman–Crippen MR) is 100 cm³/mol. The fourth-order valence-electron chi connectivity index (χ4n) is 4.17. The standard InChI is InChI=1S/C22H27NO2/c1-16-3-7-22(8-4-16)25-15-20-13-18-11-19(12-18)23(20)14-17-5-9-21(24-2)10-6-17/h3-10,18-20H,11-15H2,1-2H3. The van der Waals surface area contributed by atoms with Crippen LogP contribution >= 0.6 is 0 Å². The average Bonchev–Trinajstić information content (AvgIpc) is 2.62. The molecule has 2 saturated heterocycles. The lowest BCUT2D eigenvalue weighted by molar-refractivity contribution is -0.0526. The summed E-state index contributed by atoms with van der Waals surface area (Å²) in [7, 11) is 1.71. The number of rotatable bonds is 6. The van der Waals surface area contributed by atoms with E-state index in [1.807, 2.05) is 0 Å². The van der Waals surface area contributed by atoms with Crippen molar-refractivity contribution in [1.82, 2.24) is 4.90 Å². The monoisotopic (exact) mass is 337 g/mol. The number of methoxy groups -OCH3 is 1. The molecule has 0 aromatic heterocycles. The Labute approximate surface area is 150 Å². The van der Waals surface area contributed by atoms with E-state index in [2.05, 4.69) is 60.4 Å². The summed E-state index contributed by atoms with van der Waals surface area (Å²) in [5, 5.41) is 0. The van der Waals surface area contributed by atoms with Crippen LogP contribution in [0.3, 0.4) is 0 Å². The Morgan fingerprint density at radius 1 is 0.920 bits per heavy atom. The van der Waals surface area contributed by atoms with Crippen LogP contribution in [-0.4, -0.2) is 30.7 Å². The molecule has 1 unspecified atom stereocenters. The number of hydrogen-bond acceptors (Lipinski definition) is 3. The van der Waals surface area contributed by atoms with Gasteiger partial charge in [0.05, 0.1) is 7.11 Å². The molecular weight excluding hydrogens is 310 g/mol. The highest BCUT2D eigenvalue weighted by molar-refractivity contribution is 5.28. The zero-order valence-electron chi connectivity index (χ0n) is 15.2. The maximum atomic E-state index is 6.11. The number of piperidine rings is 2. The van der Waals surface area contributed by atoms with Gasteiger partial charge in [-0.2, -0.15) is 0 Å². The van der Waals surface area contributed by atoms with Gasteiger partial charge in [-0.25, -0.2) is 0 Å². The van der Waals surface area contributed by atoms with Gasteiger partial charge >= 0.3 is 0 Å². The molecule has 0 spiro atoms. The van der Waals surface area contributed by atoms with E-state index in [0.29, 0.717) is 6.04 Å². The summed E-state index contributed by atoms with van der Waals surface area (Å²) in [6.07, 6.45) is 3.98. The third-order valence-corrected chi connectivity index (χ3v) is 5.74. The van der Waals surface area contributed by atoms with Crippen LogP contribution < -0.4 is 9.47 Å². The number of aryl methyl sites for hydroxylation is 1. The molecule has 3 heteroatoms. The number of ether oxygens (including phenoxy) is 2. The second-order valence-electron chi connectivity index (χ2n) is 7.53. The largest absolute Gasteiger partial charge is 0.497 e. The van der Waals surface area contributed by atoms with Gasteiger partial charge in [0.2, 0.25) is 0 Å². The van der Waals surface area contributed by atoms with E-state index in [-0.39, 0.29) is 0 Å². The molecule has 2 aromatic carbocycles. The Kier molecular flexibility index (Phi) is 4.67. The summed E-state index contributed by atoms with van der Waals surface area (Å²) in [6, 6.07) is 18.1. The second-order valence-corrected chi connectivity index (χ2v) is 7.53. The first-order chi connectivity index (χ1) is 12.2. The summed E-state index contributed by atoms with van der Waals surface area (Å²) in [5.41, 5.74) is 2.62. The molecule has 1 saturated carbocycles. The third kappa shape index (κ3) is 3.67. The molecule has 1 atom stereocenters. The normalized spacial score (nSPS) is 25.3. The van der Waals surface area contributed by atoms with Gasteiger partial charge in [-0.1, -0.05) is 29.8 Å². The first-order valence-corrected chi connectivity index (χ1v) is 9.29. The Hall–Kier alpha value is -2.00. The molecule has 132 valence electrons. The molecule has 0 amide bonds. The first-order valence-electron chi connectivity index (χ1n) is 9.29. The Morgan fingerprint density at radius 2 is 1.60 bits per heavy atom. The number of nitrogens with zero attached hydrogens (tertiary/aromatic N) is 1. The van der Waals surface area contributed by atoms with Crippen LogP contribution in [0.1, 0.15) is 30.4 Å². The molecule has 2 bridgehead atoms. The Balaban J connectivity index is 1.41. The lowest BCUT2D eigenvalue weighted by Crippen LogP contribution is -2.57. The molecule has 5 rings (SSSR count). The van der Waals surface area contributed by atoms with E-state index in [1.54, 1.807) is 7.11 Å². The van der Waals surface area contributed by atoms with Gasteiger partial charge in [0, 0.05) is 18.6 Å². The van der Waals surface area contributed by atoms with E-state index < -0.39 is 0 Å². The average molecular weight is 337 g/mol. The maximum Gasteiger partial charge on any atom is 0.119 e. The van der Waals surface area contributed by atoms with Gasteiger partial charge in [-0.15, -0.1) is 0 Å². The van der Waals surface area contributed by atoms with Gasteiger partial charge in [-0.3, -0.25) is 4.90 Å². The predicted octanol–water partition coefficient (Wildman–Crippen LogP) is 4.44. The highest BCUT2D eigenvalue weighted by Crippen LogP contribution is 2.43. The van der Waals surface area contributed by atoms with E-state index in [9.17, 15) is 0 Å². The van der Waals surface area contributed by atoms with E-state index in [1.165, 1.54) is 30.4 Å². The van der Waals surface area contributed by atoms with Crippen molar-refractivity contribution in [3.05, 3.63) is 59.7 Å². The van der Waals surface area contributed by atoms with Crippen LogP contribution in [-0.2, 0) is 6.54 Å². The van der Waals surface area contributed by atoms with Crippen molar-refractivity contribution in [1.29, 1.82) is 0 Å². The quantitative estimate of drug-likeness (QED) is 0.778. The minimum atomic E-state index is 0.515. The molecule has 3 nitrogen and oxygen atoms in total. The summed E-state index contributed by atoms with van der Waals surface area (Å²) in [4.78, 5) is 2.66. The summed E-state index contributed by atoms with van der Waals surface area (Å²) in [6.45, 7) is 3.89. The first kappa shape index (κ1) is 16.5. The SMILES string of the molecule is COc1ccc(CN2C(COc3ccc(C)cc3)CC3CC2C3)cc1. The van der Waals surface area contributed by atoms with Crippen molar-refractivity contribution < 1.29 is 9.47 Å². The molecule has 2 aliphatic heterocycles. The van der Waals surface area contributed by atoms with Crippen LogP contribution in [0.15, 0.2) is 48.5 Å². The van der Waals surface area contributed by atoms with Crippen LogP contribution in [0, 0.1) is 12.8 Å². The molecule has 1 aliphatic carbocycles. The van der Waals surface area contributed by atoms with Gasteiger partial charge in [0.1, 0.15) is 18.1 Å². The fraction of sp³-hybridized carbons (Fsp3) is 0.455. The van der Waals surface area contributed by atoms with Gasteiger partial charge < -0.3 is 9.47 Å². The molecule has 2 heterocycles. The second kappa shape index (κ2) is 7.09. The minimum Gasteiger partial charge on any atom is -0.497 e. The molecule has 25 heavy (non-hydrogen) atoms. The molecule has 0 radical (unpaired) electrons. The van der Waals surface area contributed by atoms with E-state index in [0.717, 1.165) is 36.6 Å². The zero-order chi connectivity index (χ0) is 17.2. The smallest absolute Gasteiger partial charge is 0.119 e. The lowest BCUT2D eigenvalue weighted by Gasteiger charge is -2.53. The van der Waals surface area contributed by atoms with Crippen LogP contribution in [0.5, 0.6) is 11.5 Å².